The van der Waals surface area contributed by atoms with Crippen LogP contribution in [0.15, 0.2) is 72.3 Å². The summed E-state index contributed by atoms with van der Waals surface area (Å²) in [5, 5.41) is 13.3. The number of methoxy groups -OCH3 is 1. The minimum atomic E-state index is -1.56. The molecule has 0 aromatic heterocycles. The van der Waals surface area contributed by atoms with E-state index in [9.17, 15) is 5.11 Å². The Hall–Kier alpha value is -1.95. The normalized spacial score (nSPS) is 13.2. The molecule has 0 aliphatic heterocycles. The first-order valence-electron chi connectivity index (χ1n) is 11.4. The van der Waals surface area contributed by atoms with Crippen LogP contribution in [-0.2, 0) is 32.8 Å². The van der Waals surface area contributed by atoms with E-state index < -0.39 is 8.32 Å². The fourth-order valence-corrected chi connectivity index (χ4v) is 4.00. The topological polar surface area (TPSA) is 44.8 Å². The molecule has 0 fully saturated rings. The molecule has 0 unspecified atom stereocenters. The molecule has 34 heavy (non-hydrogen) atoms. The third-order valence-electron chi connectivity index (χ3n) is 6.09. The molecule has 4 nitrogen and oxygen atoms in total. The third-order valence-corrected chi connectivity index (χ3v) is 10.6. The van der Waals surface area contributed by atoms with Gasteiger partial charge in [-0.25, -0.2) is 12.1 Å². The van der Waals surface area contributed by atoms with Crippen molar-refractivity contribution in [1.82, 2.24) is 4.90 Å². The van der Waals surface area contributed by atoms with Crippen LogP contribution in [0.3, 0.4) is 0 Å². The molecule has 0 spiro atoms. The first-order valence-corrected chi connectivity index (χ1v) is 14.3. The van der Waals surface area contributed by atoms with Crippen molar-refractivity contribution >= 4 is 19.8 Å². The summed E-state index contributed by atoms with van der Waals surface area (Å²) in [6, 6.07) is 15.8. The Kier molecular flexibility index (Phi) is 11.7. The summed E-state index contributed by atoms with van der Waals surface area (Å²) in [7, 11) is 3.94. The molecule has 0 radical (unpaired) electrons. The van der Waals surface area contributed by atoms with Crippen LogP contribution in [-0.4, -0.2) is 41.0 Å². The molecule has 0 saturated heterocycles. The number of rotatable bonds is 6. The molecule has 6 heteroatoms. The average Bonchev–Trinajstić information content (AvgIpc) is 3.43. The largest absolute Gasteiger partial charge is 2.00 e. The number of nitrogens with zero attached hydrogens (tertiary/aromatic N) is 1. The first-order chi connectivity index (χ1) is 15.4. The van der Waals surface area contributed by atoms with E-state index in [-0.39, 0.29) is 23.0 Å². The molecule has 0 N–H and O–H groups in total. The minimum absolute atomic E-state index is 0. The van der Waals surface area contributed by atoms with Gasteiger partial charge in [0.1, 0.15) is 0 Å². The van der Waals surface area contributed by atoms with Crippen molar-refractivity contribution in [2.75, 3.05) is 27.7 Å². The predicted octanol–water partition coefficient (Wildman–Crippen LogP) is 3.89. The quantitative estimate of drug-likeness (QED) is 0.428. The van der Waals surface area contributed by atoms with Crippen LogP contribution in [0, 0.1) is 0 Å². The number of benzene rings is 1. The molecule has 0 heterocycles. The molecule has 186 valence electrons. The summed E-state index contributed by atoms with van der Waals surface area (Å²) in [6.07, 6.45) is 6.41. The van der Waals surface area contributed by atoms with Crippen molar-refractivity contribution in [2.24, 2.45) is 0 Å². The Morgan fingerprint density at radius 3 is 2.21 bits per heavy atom. The van der Waals surface area contributed by atoms with Gasteiger partial charge < -0.3 is 19.2 Å². The van der Waals surface area contributed by atoms with E-state index in [1.165, 1.54) is 23.8 Å². The average molecular weight is 522 g/mol. The number of allylic oxidation sites excluding steroid dienone is 2. The van der Waals surface area contributed by atoms with Crippen LogP contribution in [0.2, 0.25) is 18.1 Å². The maximum Gasteiger partial charge on any atom is 2.00 e. The second kappa shape index (κ2) is 13.2. The van der Waals surface area contributed by atoms with E-state index in [0.717, 1.165) is 18.4 Å². The molecule has 2 aromatic carbocycles. The van der Waals surface area contributed by atoms with E-state index in [2.05, 4.69) is 100 Å². The smallest absolute Gasteiger partial charge is 0.616 e. The van der Waals surface area contributed by atoms with Gasteiger partial charge in [-0.3, -0.25) is 0 Å². The molecule has 0 atom stereocenters. The van der Waals surface area contributed by atoms with E-state index >= 15 is 0 Å². The Bertz CT molecular complexity index is 1050. The number of likely N-dealkylation sites (N-methyl/N-ethyl adjacent to an activating group) is 1. The molecule has 0 amide bonds. The summed E-state index contributed by atoms with van der Waals surface area (Å²) in [4.78, 5) is 2.14. The van der Waals surface area contributed by atoms with Gasteiger partial charge in [0.25, 0.3) is 0 Å². The van der Waals surface area contributed by atoms with Crippen LogP contribution in [0.25, 0.3) is 11.5 Å². The van der Waals surface area contributed by atoms with Crippen molar-refractivity contribution in [3.63, 3.8) is 0 Å². The SMILES string of the molecule is CC(C)(C)[Si](C)(C)OCc1ccc[cH-]1.COC([O-])=c1ccc(=C2C=CC(CN(C)C)=C2)cc1.[Fe+2]. The van der Waals surface area contributed by atoms with Crippen LogP contribution in [0.4, 0.5) is 0 Å². The van der Waals surface area contributed by atoms with Crippen LogP contribution < -0.4 is 15.5 Å². The van der Waals surface area contributed by atoms with E-state index in [0.29, 0.717) is 10.3 Å². The zero-order valence-electron chi connectivity index (χ0n) is 21.8. The van der Waals surface area contributed by atoms with Gasteiger partial charge >= 0.3 is 17.1 Å². The number of hydrogen-bond donors (Lipinski definition) is 0. The fourth-order valence-electron chi connectivity index (χ4n) is 3.04. The Labute approximate surface area is 217 Å². The van der Waals surface area contributed by atoms with Gasteiger partial charge in [-0.2, -0.15) is 12.1 Å². The molecule has 0 bridgehead atoms. The van der Waals surface area contributed by atoms with Crippen LogP contribution in [0.5, 0.6) is 0 Å². The fraction of sp³-hybridized carbons (Fsp3) is 0.393. The monoisotopic (exact) mass is 521 g/mol. The van der Waals surface area contributed by atoms with Crippen molar-refractivity contribution in [3.8, 4) is 0 Å². The standard InChI is InChI=1S/C16H19NO2.C12H21OSi.Fe/c1-17(2)11-12-4-5-15(10-12)13-6-8-14(9-7-13)16(18)19-3;1-12(2,3)14(4,5)13-10-11-8-6-7-9-11;/h4-10,18H,11H2,1-3H3;6-9H,10H2,1-5H3;/q;-1;+2/p-1. The van der Waals surface area contributed by atoms with Crippen molar-refractivity contribution in [2.45, 2.75) is 45.5 Å². The molecule has 2 aromatic rings. The molecule has 1 aliphatic rings. The number of hydrogen-bond acceptors (Lipinski definition) is 4. The summed E-state index contributed by atoms with van der Waals surface area (Å²) >= 11 is 0. The first kappa shape index (κ1) is 30.1. The van der Waals surface area contributed by atoms with Crippen molar-refractivity contribution in [3.05, 3.63) is 88.3 Å². The van der Waals surface area contributed by atoms with E-state index in [1.807, 2.05) is 12.1 Å². The maximum atomic E-state index is 11.4. The summed E-state index contributed by atoms with van der Waals surface area (Å²) in [5.41, 5.74) is 3.75. The summed E-state index contributed by atoms with van der Waals surface area (Å²) in [5.74, 6) is -0.303. The Balaban J connectivity index is 0.000000346. The van der Waals surface area contributed by atoms with Gasteiger partial charge in [0, 0.05) is 13.2 Å². The van der Waals surface area contributed by atoms with Gasteiger partial charge in [-0.1, -0.05) is 57.2 Å². The molecule has 0 saturated carbocycles. The molecule has 1 aliphatic carbocycles. The minimum Gasteiger partial charge on any atom is -0.616 e. The molecular weight excluding hydrogens is 482 g/mol. The van der Waals surface area contributed by atoms with Gasteiger partial charge in [0.05, 0.1) is 5.95 Å². The van der Waals surface area contributed by atoms with E-state index in [4.69, 9.17) is 4.43 Å². The van der Waals surface area contributed by atoms with Crippen LogP contribution in [0.1, 0.15) is 26.3 Å². The predicted molar refractivity (Wildman–Crippen MR) is 139 cm³/mol. The van der Waals surface area contributed by atoms with Crippen molar-refractivity contribution in [1.29, 1.82) is 0 Å². The Morgan fingerprint density at radius 1 is 1.06 bits per heavy atom. The van der Waals surface area contributed by atoms with E-state index in [1.54, 1.807) is 12.1 Å². The van der Waals surface area contributed by atoms with Gasteiger partial charge in [0.2, 0.25) is 0 Å². The van der Waals surface area contributed by atoms with Crippen LogP contribution >= 0.6 is 0 Å². The zero-order valence-corrected chi connectivity index (χ0v) is 23.9. The van der Waals surface area contributed by atoms with Gasteiger partial charge in [-0.05, 0) is 67.0 Å². The third kappa shape index (κ3) is 9.01. The molecule has 3 rings (SSSR count). The molecular formula is C28H39FeNO3Si. The second-order valence-electron chi connectivity index (χ2n) is 10.2. The summed E-state index contributed by atoms with van der Waals surface area (Å²) in [6.45, 7) is 13.1. The number of ether oxygens (including phenoxy) is 1. The van der Waals surface area contributed by atoms with Crippen molar-refractivity contribution < 1.29 is 31.3 Å². The van der Waals surface area contributed by atoms with Gasteiger partial charge in [0.15, 0.2) is 8.32 Å². The summed E-state index contributed by atoms with van der Waals surface area (Å²) < 4.78 is 10.8. The second-order valence-corrected chi connectivity index (χ2v) is 15.0. The zero-order chi connectivity index (χ0) is 24.6. The van der Waals surface area contributed by atoms with Gasteiger partial charge in [-0.15, -0.1) is 5.56 Å². The Morgan fingerprint density at radius 2 is 1.71 bits per heavy atom. The maximum absolute atomic E-state index is 11.4.